The second-order valence-electron chi connectivity index (χ2n) is 5.22. The molecule has 3 heteroatoms. The normalized spacial score (nSPS) is 16.3. The van der Waals surface area contributed by atoms with Gasteiger partial charge in [0.05, 0.1) is 0 Å². The Morgan fingerprint density at radius 1 is 1.11 bits per heavy atom. The van der Waals surface area contributed by atoms with Crippen molar-refractivity contribution in [3.05, 3.63) is 58.3 Å². The van der Waals surface area contributed by atoms with Gasteiger partial charge in [-0.05, 0) is 22.9 Å². The molecule has 0 saturated heterocycles. The molecule has 2 nitrogen and oxygen atoms in total. The molecular formula is C16H20O2S. The van der Waals surface area contributed by atoms with E-state index in [1.807, 2.05) is 61.7 Å². The fraction of sp³-hybridized carbons (Fsp3) is 0.375. The minimum absolute atomic E-state index is 0.0372. The van der Waals surface area contributed by atoms with Gasteiger partial charge < -0.3 is 10.2 Å². The first kappa shape index (κ1) is 14.3. The molecule has 1 aromatic heterocycles. The minimum Gasteiger partial charge on any atom is -0.386 e. The first-order valence-corrected chi connectivity index (χ1v) is 7.40. The van der Waals surface area contributed by atoms with E-state index in [2.05, 4.69) is 0 Å². The van der Waals surface area contributed by atoms with Crippen molar-refractivity contribution in [2.75, 3.05) is 0 Å². The summed E-state index contributed by atoms with van der Waals surface area (Å²) in [7, 11) is 0. The summed E-state index contributed by atoms with van der Waals surface area (Å²) in [5.74, 6) is -0.0372. The minimum atomic E-state index is -1.15. The van der Waals surface area contributed by atoms with Crippen molar-refractivity contribution in [2.24, 2.45) is 5.92 Å². The summed E-state index contributed by atoms with van der Waals surface area (Å²) in [4.78, 5) is 1.09. The van der Waals surface area contributed by atoms with E-state index in [9.17, 15) is 10.2 Å². The average molecular weight is 276 g/mol. The van der Waals surface area contributed by atoms with Gasteiger partial charge in [-0.25, -0.2) is 0 Å². The lowest BCUT2D eigenvalue weighted by molar-refractivity contribution is -0.107. The molecule has 2 rings (SSSR count). The lowest BCUT2D eigenvalue weighted by atomic mass is 9.79. The maximum absolute atomic E-state index is 10.9. The van der Waals surface area contributed by atoms with E-state index in [0.29, 0.717) is 6.42 Å². The molecule has 0 aliphatic carbocycles. The quantitative estimate of drug-likeness (QED) is 0.878. The summed E-state index contributed by atoms with van der Waals surface area (Å²) in [6.07, 6.45) is -0.408. The number of thiophene rings is 1. The fourth-order valence-corrected chi connectivity index (χ4v) is 3.04. The van der Waals surface area contributed by atoms with Crippen LogP contribution in [0.2, 0.25) is 0 Å². The van der Waals surface area contributed by atoms with Gasteiger partial charge in [0.25, 0.3) is 0 Å². The predicted molar refractivity (Wildman–Crippen MR) is 79.2 cm³/mol. The highest BCUT2D eigenvalue weighted by Gasteiger charge is 2.40. The number of rotatable bonds is 5. The van der Waals surface area contributed by atoms with E-state index >= 15 is 0 Å². The van der Waals surface area contributed by atoms with E-state index in [1.165, 1.54) is 0 Å². The summed E-state index contributed by atoms with van der Waals surface area (Å²) in [6.45, 7) is 3.89. The van der Waals surface area contributed by atoms with E-state index < -0.39 is 11.7 Å². The Balaban J connectivity index is 2.28. The number of hydrogen-bond acceptors (Lipinski definition) is 3. The Kier molecular flexibility index (Phi) is 4.40. The number of benzene rings is 1. The van der Waals surface area contributed by atoms with Crippen molar-refractivity contribution in [2.45, 2.75) is 32.0 Å². The van der Waals surface area contributed by atoms with Gasteiger partial charge in [-0.2, -0.15) is 0 Å². The standard InChI is InChI=1S/C16H20O2S/c1-12(2)16(18,11-14-9-6-10-19-14)15(17)13-7-4-3-5-8-13/h3-10,12,15,17-18H,11H2,1-2H3/t15-,16+/m1/s1. The van der Waals surface area contributed by atoms with Gasteiger partial charge in [-0.3, -0.25) is 0 Å². The lowest BCUT2D eigenvalue weighted by Crippen LogP contribution is -2.43. The Morgan fingerprint density at radius 2 is 1.79 bits per heavy atom. The van der Waals surface area contributed by atoms with Gasteiger partial charge in [0, 0.05) is 11.3 Å². The molecule has 2 atom stereocenters. The largest absolute Gasteiger partial charge is 0.386 e. The highest BCUT2D eigenvalue weighted by Crippen LogP contribution is 2.36. The van der Waals surface area contributed by atoms with Gasteiger partial charge in [0.2, 0.25) is 0 Å². The molecule has 2 aromatic rings. The number of hydrogen-bond donors (Lipinski definition) is 2. The fourth-order valence-electron chi connectivity index (χ4n) is 2.23. The molecule has 1 heterocycles. The van der Waals surface area contributed by atoms with Crippen LogP contribution < -0.4 is 0 Å². The average Bonchev–Trinajstić information content (AvgIpc) is 2.91. The van der Waals surface area contributed by atoms with Crippen molar-refractivity contribution in [1.82, 2.24) is 0 Å². The van der Waals surface area contributed by atoms with Crippen LogP contribution in [0, 0.1) is 5.92 Å². The molecule has 1 aromatic carbocycles. The zero-order chi connectivity index (χ0) is 13.9. The third-order valence-corrected chi connectivity index (χ3v) is 4.50. The monoisotopic (exact) mass is 276 g/mol. The maximum Gasteiger partial charge on any atom is 0.108 e. The molecule has 19 heavy (non-hydrogen) atoms. The third-order valence-electron chi connectivity index (χ3n) is 3.63. The molecule has 0 unspecified atom stereocenters. The predicted octanol–water partition coefficient (Wildman–Crippen LogP) is 3.41. The Bertz CT molecular complexity index is 493. The second kappa shape index (κ2) is 5.87. The third kappa shape index (κ3) is 3.06. The van der Waals surface area contributed by atoms with Crippen molar-refractivity contribution >= 4 is 11.3 Å². The summed E-state index contributed by atoms with van der Waals surface area (Å²) < 4.78 is 0. The topological polar surface area (TPSA) is 40.5 Å². The van der Waals surface area contributed by atoms with Gasteiger partial charge in [0.15, 0.2) is 0 Å². The van der Waals surface area contributed by atoms with E-state index in [0.717, 1.165) is 10.4 Å². The SMILES string of the molecule is CC(C)[C@@](O)(Cc1cccs1)[C@H](O)c1ccccc1. The van der Waals surface area contributed by atoms with E-state index in [1.54, 1.807) is 11.3 Å². The molecule has 0 spiro atoms. The Morgan fingerprint density at radius 3 is 2.32 bits per heavy atom. The molecule has 0 fully saturated rings. The van der Waals surface area contributed by atoms with Crippen LogP contribution in [0.4, 0.5) is 0 Å². The molecule has 0 radical (unpaired) electrons. The van der Waals surface area contributed by atoms with Crippen LogP contribution in [0.5, 0.6) is 0 Å². The second-order valence-corrected chi connectivity index (χ2v) is 6.25. The lowest BCUT2D eigenvalue weighted by Gasteiger charge is -2.36. The molecule has 102 valence electrons. The summed E-state index contributed by atoms with van der Waals surface area (Å²) >= 11 is 1.61. The summed E-state index contributed by atoms with van der Waals surface area (Å²) in [6, 6.07) is 13.3. The molecule has 0 aliphatic rings. The first-order chi connectivity index (χ1) is 9.04. The molecular weight excluding hydrogens is 256 g/mol. The Labute approximate surface area is 118 Å². The van der Waals surface area contributed by atoms with Crippen LogP contribution in [0.3, 0.4) is 0 Å². The van der Waals surface area contributed by atoms with Gasteiger partial charge in [-0.15, -0.1) is 11.3 Å². The summed E-state index contributed by atoms with van der Waals surface area (Å²) in [5, 5.41) is 23.5. The highest BCUT2D eigenvalue weighted by molar-refractivity contribution is 7.09. The van der Waals surface area contributed by atoms with Gasteiger partial charge in [0.1, 0.15) is 11.7 Å². The van der Waals surface area contributed by atoms with Crippen LogP contribution in [-0.2, 0) is 6.42 Å². The van der Waals surface area contributed by atoms with Crippen LogP contribution in [0.1, 0.15) is 30.4 Å². The smallest absolute Gasteiger partial charge is 0.108 e. The molecule has 0 bridgehead atoms. The van der Waals surface area contributed by atoms with Crippen molar-refractivity contribution in [1.29, 1.82) is 0 Å². The molecule has 0 aliphatic heterocycles. The van der Waals surface area contributed by atoms with Crippen LogP contribution in [0.25, 0.3) is 0 Å². The maximum atomic E-state index is 10.9. The zero-order valence-corrected chi connectivity index (χ0v) is 12.1. The molecule has 2 N–H and O–H groups in total. The van der Waals surface area contributed by atoms with Crippen molar-refractivity contribution < 1.29 is 10.2 Å². The van der Waals surface area contributed by atoms with E-state index in [4.69, 9.17) is 0 Å². The zero-order valence-electron chi connectivity index (χ0n) is 11.3. The molecule has 0 saturated carbocycles. The van der Waals surface area contributed by atoms with Crippen molar-refractivity contribution in [3.63, 3.8) is 0 Å². The number of aliphatic hydroxyl groups is 2. The Hall–Kier alpha value is -1.16. The molecule has 0 amide bonds. The van der Waals surface area contributed by atoms with Gasteiger partial charge >= 0.3 is 0 Å². The van der Waals surface area contributed by atoms with Crippen LogP contribution >= 0.6 is 11.3 Å². The van der Waals surface area contributed by atoms with Gasteiger partial charge in [-0.1, -0.05) is 50.2 Å². The van der Waals surface area contributed by atoms with Crippen LogP contribution in [0.15, 0.2) is 47.8 Å². The summed E-state index contributed by atoms with van der Waals surface area (Å²) in [5.41, 5.74) is -0.387. The van der Waals surface area contributed by atoms with Crippen LogP contribution in [-0.4, -0.2) is 15.8 Å². The first-order valence-electron chi connectivity index (χ1n) is 6.52. The van der Waals surface area contributed by atoms with E-state index in [-0.39, 0.29) is 5.92 Å². The van der Waals surface area contributed by atoms with Crippen molar-refractivity contribution in [3.8, 4) is 0 Å². The number of aliphatic hydroxyl groups excluding tert-OH is 1. The highest BCUT2D eigenvalue weighted by atomic mass is 32.1.